The third kappa shape index (κ3) is 4.08. The summed E-state index contributed by atoms with van der Waals surface area (Å²) in [5.41, 5.74) is 6.09. The van der Waals surface area contributed by atoms with Crippen molar-refractivity contribution < 1.29 is 9.18 Å². The number of carbonyl (C=O) groups is 1. The molecule has 0 saturated carbocycles. The molecule has 0 spiro atoms. The van der Waals surface area contributed by atoms with E-state index < -0.39 is 11.4 Å². The summed E-state index contributed by atoms with van der Waals surface area (Å²) in [5, 5.41) is 3.20. The fraction of sp³-hybridized carbons (Fsp3) is 0.611. The van der Waals surface area contributed by atoms with Gasteiger partial charge in [0.05, 0.1) is 16.6 Å². The Morgan fingerprint density at radius 1 is 1.50 bits per heavy atom. The van der Waals surface area contributed by atoms with Crippen LogP contribution >= 0.6 is 11.6 Å². The summed E-state index contributed by atoms with van der Waals surface area (Å²) in [6, 6.07) is 4.72. The van der Waals surface area contributed by atoms with Crippen molar-refractivity contribution in [2.24, 2.45) is 5.73 Å². The number of amides is 1. The van der Waals surface area contributed by atoms with Crippen molar-refractivity contribution >= 4 is 17.5 Å². The van der Waals surface area contributed by atoms with Crippen LogP contribution in [0.4, 0.5) is 4.39 Å². The molecular formula is C18H27ClFN3O. The molecule has 0 aromatic heterocycles. The van der Waals surface area contributed by atoms with Gasteiger partial charge in [0.25, 0.3) is 0 Å². The molecule has 6 heteroatoms. The molecule has 3 atom stereocenters. The molecule has 4 nitrogen and oxygen atoms in total. The van der Waals surface area contributed by atoms with E-state index >= 15 is 0 Å². The molecule has 1 fully saturated rings. The summed E-state index contributed by atoms with van der Waals surface area (Å²) in [4.78, 5) is 14.8. The number of benzene rings is 1. The highest BCUT2D eigenvalue weighted by atomic mass is 35.5. The molecule has 3 unspecified atom stereocenters. The Kier molecular flexibility index (Phi) is 6.23. The van der Waals surface area contributed by atoms with Gasteiger partial charge in [-0.3, -0.25) is 9.69 Å². The Morgan fingerprint density at radius 2 is 2.21 bits per heavy atom. The standard InChI is InChI=1S/C18H27ClFN3O/c1-4-9-18(3,21)17(24)22-15-8-10-23(5-2)16(15)12-6-7-13(19)14(20)11-12/h6-7,11,15-16H,4-5,8-10,21H2,1-3H3,(H,22,24). The lowest BCUT2D eigenvalue weighted by Gasteiger charge is -2.31. The number of rotatable bonds is 6. The van der Waals surface area contributed by atoms with E-state index in [9.17, 15) is 9.18 Å². The Hall–Kier alpha value is -1.17. The second kappa shape index (κ2) is 7.81. The monoisotopic (exact) mass is 355 g/mol. The quantitative estimate of drug-likeness (QED) is 0.823. The lowest BCUT2D eigenvalue weighted by molar-refractivity contribution is -0.127. The van der Waals surface area contributed by atoms with E-state index in [1.54, 1.807) is 13.0 Å². The molecule has 0 aliphatic carbocycles. The van der Waals surface area contributed by atoms with Gasteiger partial charge in [-0.2, -0.15) is 0 Å². The zero-order valence-electron chi connectivity index (χ0n) is 14.6. The van der Waals surface area contributed by atoms with Gasteiger partial charge >= 0.3 is 0 Å². The fourth-order valence-corrected chi connectivity index (χ4v) is 3.59. The van der Waals surface area contributed by atoms with Gasteiger partial charge in [0.2, 0.25) is 5.91 Å². The van der Waals surface area contributed by atoms with Crippen LogP contribution in [0.1, 0.15) is 51.6 Å². The third-order valence-corrected chi connectivity index (χ3v) is 5.10. The van der Waals surface area contributed by atoms with E-state index in [-0.39, 0.29) is 23.0 Å². The van der Waals surface area contributed by atoms with Crippen LogP contribution in [0.25, 0.3) is 0 Å². The Balaban J connectivity index is 2.22. The first-order valence-corrected chi connectivity index (χ1v) is 8.96. The number of carbonyl (C=O) groups excluding carboxylic acids is 1. The fourth-order valence-electron chi connectivity index (χ4n) is 3.47. The summed E-state index contributed by atoms with van der Waals surface area (Å²) < 4.78 is 13.9. The van der Waals surface area contributed by atoms with Crippen LogP contribution in [-0.4, -0.2) is 35.5 Å². The van der Waals surface area contributed by atoms with Crippen molar-refractivity contribution in [3.8, 4) is 0 Å². The van der Waals surface area contributed by atoms with E-state index in [1.165, 1.54) is 6.07 Å². The maximum atomic E-state index is 13.9. The molecule has 1 aliphatic rings. The number of nitrogens with zero attached hydrogens (tertiary/aromatic N) is 1. The van der Waals surface area contributed by atoms with E-state index in [0.717, 1.165) is 31.5 Å². The second-order valence-electron chi connectivity index (χ2n) is 6.78. The maximum Gasteiger partial charge on any atom is 0.240 e. The van der Waals surface area contributed by atoms with Gasteiger partial charge in [0, 0.05) is 12.6 Å². The van der Waals surface area contributed by atoms with Crippen LogP contribution in [0, 0.1) is 5.82 Å². The topological polar surface area (TPSA) is 58.4 Å². The summed E-state index contributed by atoms with van der Waals surface area (Å²) >= 11 is 5.80. The SMILES string of the molecule is CCCC(C)(N)C(=O)NC1CCN(CC)C1c1ccc(Cl)c(F)c1. The minimum absolute atomic E-state index is 0.0665. The molecule has 1 amide bonds. The Morgan fingerprint density at radius 3 is 2.79 bits per heavy atom. The number of hydrogen-bond donors (Lipinski definition) is 2. The molecule has 134 valence electrons. The Bertz CT molecular complexity index is 594. The predicted octanol–water partition coefficient (Wildman–Crippen LogP) is 3.25. The van der Waals surface area contributed by atoms with Crippen LogP contribution in [-0.2, 0) is 4.79 Å². The summed E-state index contributed by atoms with van der Waals surface area (Å²) in [5.74, 6) is -0.580. The van der Waals surface area contributed by atoms with Gasteiger partial charge in [-0.15, -0.1) is 0 Å². The number of hydrogen-bond acceptors (Lipinski definition) is 3. The lowest BCUT2D eigenvalue weighted by Crippen LogP contribution is -2.55. The smallest absolute Gasteiger partial charge is 0.240 e. The Labute approximate surface area is 148 Å². The third-order valence-electron chi connectivity index (χ3n) is 4.80. The summed E-state index contributed by atoms with van der Waals surface area (Å²) in [7, 11) is 0. The predicted molar refractivity (Wildman–Crippen MR) is 95.4 cm³/mol. The molecule has 1 aromatic carbocycles. The molecular weight excluding hydrogens is 329 g/mol. The molecule has 1 aliphatic heterocycles. The summed E-state index contributed by atoms with van der Waals surface area (Å²) in [6.07, 6.45) is 2.29. The zero-order valence-corrected chi connectivity index (χ0v) is 15.4. The van der Waals surface area contributed by atoms with Gasteiger partial charge in [-0.05, 0) is 44.0 Å². The van der Waals surface area contributed by atoms with Crippen molar-refractivity contribution in [1.82, 2.24) is 10.2 Å². The molecule has 1 saturated heterocycles. The van der Waals surface area contributed by atoms with E-state index in [4.69, 9.17) is 17.3 Å². The molecule has 1 aromatic rings. The molecule has 3 N–H and O–H groups in total. The minimum atomic E-state index is -0.885. The highest BCUT2D eigenvalue weighted by Crippen LogP contribution is 2.33. The number of likely N-dealkylation sites (tertiary alicyclic amines) is 1. The van der Waals surface area contributed by atoms with Crippen molar-refractivity contribution in [2.45, 2.75) is 57.7 Å². The number of nitrogens with two attached hydrogens (primary N) is 1. The first kappa shape index (κ1) is 19.2. The van der Waals surface area contributed by atoms with Crippen LogP contribution in [0.3, 0.4) is 0 Å². The molecule has 2 rings (SSSR count). The van der Waals surface area contributed by atoms with Gasteiger partial charge < -0.3 is 11.1 Å². The maximum absolute atomic E-state index is 13.9. The number of halogens is 2. The van der Waals surface area contributed by atoms with Crippen molar-refractivity contribution in [3.63, 3.8) is 0 Å². The van der Waals surface area contributed by atoms with E-state index in [1.807, 2.05) is 13.0 Å². The van der Waals surface area contributed by atoms with Crippen molar-refractivity contribution in [1.29, 1.82) is 0 Å². The van der Waals surface area contributed by atoms with Gasteiger partial charge in [-0.25, -0.2) is 4.39 Å². The number of likely N-dealkylation sites (N-methyl/N-ethyl adjacent to an activating group) is 1. The largest absolute Gasteiger partial charge is 0.350 e. The van der Waals surface area contributed by atoms with Crippen LogP contribution in [0.15, 0.2) is 18.2 Å². The lowest BCUT2D eigenvalue weighted by atomic mass is 9.94. The second-order valence-corrected chi connectivity index (χ2v) is 7.19. The van der Waals surface area contributed by atoms with Crippen LogP contribution < -0.4 is 11.1 Å². The molecule has 0 radical (unpaired) electrons. The first-order chi connectivity index (χ1) is 11.3. The average molecular weight is 356 g/mol. The highest BCUT2D eigenvalue weighted by Gasteiger charge is 2.38. The first-order valence-electron chi connectivity index (χ1n) is 8.59. The van der Waals surface area contributed by atoms with Crippen LogP contribution in [0.2, 0.25) is 5.02 Å². The van der Waals surface area contributed by atoms with Crippen molar-refractivity contribution in [3.05, 3.63) is 34.6 Å². The normalized spacial score (nSPS) is 23.9. The highest BCUT2D eigenvalue weighted by molar-refractivity contribution is 6.30. The van der Waals surface area contributed by atoms with Crippen molar-refractivity contribution in [2.75, 3.05) is 13.1 Å². The van der Waals surface area contributed by atoms with Gasteiger partial charge in [0.15, 0.2) is 0 Å². The molecule has 24 heavy (non-hydrogen) atoms. The van der Waals surface area contributed by atoms with Crippen LogP contribution in [0.5, 0.6) is 0 Å². The van der Waals surface area contributed by atoms with E-state index in [2.05, 4.69) is 17.1 Å². The average Bonchev–Trinajstić information content (AvgIpc) is 2.92. The molecule has 0 bridgehead atoms. The van der Waals surface area contributed by atoms with E-state index in [0.29, 0.717) is 6.42 Å². The summed E-state index contributed by atoms with van der Waals surface area (Å²) in [6.45, 7) is 7.51. The van der Waals surface area contributed by atoms with Gasteiger partial charge in [-0.1, -0.05) is 37.9 Å². The zero-order chi connectivity index (χ0) is 17.9. The number of nitrogens with one attached hydrogen (secondary N) is 1. The molecule has 1 heterocycles. The minimum Gasteiger partial charge on any atom is -0.350 e. The van der Waals surface area contributed by atoms with Gasteiger partial charge in [0.1, 0.15) is 5.82 Å².